The SMILES string of the molecule is CC(C)Cc1c(-c2cccc([N+](=O)[O-])c2)noc1N. The third kappa shape index (κ3) is 2.73. The molecular formula is C13H15N3O3. The molecule has 0 aliphatic carbocycles. The van der Waals surface area contributed by atoms with Crippen LogP contribution in [0.2, 0.25) is 0 Å². The number of nitro groups is 1. The van der Waals surface area contributed by atoms with E-state index in [4.69, 9.17) is 10.3 Å². The van der Waals surface area contributed by atoms with E-state index in [2.05, 4.69) is 19.0 Å². The lowest BCUT2D eigenvalue weighted by Crippen LogP contribution is -1.98. The summed E-state index contributed by atoms with van der Waals surface area (Å²) < 4.78 is 5.01. The molecule has 0 saturated carbocycles. The topological polar surface area (TPSA) is 95.2 Å². The van der Waals surface area contributed by atoms with Crippen LogP contribution in [0.4, 0.5) is 11.6 Å². The summed E-state index contributed by atoms with van der Waals surface area (Å²) in [5.41, 5.74) is 7.81. The van der Waals surface area contributed by atoms with Crippen LogP contribution in [-0.4, -0.2) is 10.1 Å². The summed E-state index contributed by atoms with van der Waals surface area (Å²) in [4.78, 5) is 10.4. The Morgan fingerprint density at radius 2 is 2.21 bits per heavy atom. The molecule has 1 heterocycles. The van der Waals surface area contributed by atoms with Crippen molar-refractivity contribution in [2.24, 2.45) is 5.92 Å². The third-order valence-corrected chi connectivity index (χ3v) is 2.76. The van der Waals surface area contributed by atoms with E-state index < -0.39 is 4.92 Å². The molecule has 0 aliphatic rings. The zero-order valence-corrected chi connectivity index (χ0v) is 10.8. The minimum Gasteiger partial charge on any atom is -0.367 e. The fourth-order valence-corrected chi connectivity index (χ4v) is 1.92. The number of nitro benzene ring substituents is 1. The summed E-state index contributed by atoms with van der Waals surface area (Å²) in [5.74, 6) is 0.661. The fraction of sp³-hybridized carbons (Fsp3) is 0.308. The summed E-state index contributed by atoms with van der Waals surface area (Å²) in [6, 6.07) is 6.29. The lowest BCUT2D eigenvalue weighted by atomic mass is 9.99. The normalized spacial score (nSPS) is 10.9. The van der Waals surface area contributed by atoms with Gasteiger partial charge in [-0.2, -0.15) is 0 Å². The third-order valence-electron chi connectivity index (χ3n) is 2.76. The highest BCUT2D eigenvalue weighted by Gasteiger charge is 2.18. The second-order valence-electron chi connectivity index (χ2n) is 4.78. The van der Waals surface area contributed by atoms with Crippen LogP contribution < -0.4 is 5.73 Å². The lowest BCUT2D eigenvalue weighted by molar-refractivity contribution is -0.384. The van der Waals surface area contributed by atoms with Gasteiger partial charge in [0, 0.05) is 23.3 Å². The molecule has 0 unspecified atom stereocenters. The molecule has 100 valence electrons. The van der Waals surface area contributed by atoms with Crippen molar-refractivity contribution in [3.8, 4) is 11.3 Å². The average molecular weight is 261 g/mol. The minimum absolute atomic E-state index is 0.0227. The number of benzene rings is 1. The van der Waals surface area contributed by atoms with Crippen LogP contribution in [0.25, 0.3) is 11.3 Å². The first-order chi connectivity index (χ1) is 8.99. The lowest BCUT2D eigenvalue weighted by Gasteiger charge is -2.05. The Morgan fingerprint density at radius 1 is 1.47 bits per heavy atom. The van der Waals surface area contributed by atoms with Gasteiger partial charge in [0.05, 0.1) is 4.92 Å². The first-order valence-electron chi connectivity index (χ1n) is 5.98. The van der Waals surface area contributed by atoms with E-state index in [-0.39, 0.29) is 11.6 Å². The molecule has 0 amide bonds. The Balaban J connectivity index is 2.47. The molecule has 1 aromatic carbocycles. The van der Waals surface area contributed by atoms with E-state index in [0.717, 1.165) is 5.56 Å². The van der Waals surface area contributed by atoms with E-state index in [1.165, 1.54) is 12.1 Å². The zero-order chi connectivity index (χ0) is 14.0. The van der Waals surface area contributed by atoms with Crippen LogP contribution in [0.5, 0.6) is 0 Å². The van der Waals surface area contributed by atoms with Crippen molar-refractivity contribution in [3.63, 3.8) is 0 Å². The summed E-state index contributed by atoms with van der Waals surface area (Å²) >= 11 is 0. The number of aromatic nitrogens is 1. The number of nitrogen functional groups attached to an aromatic ring is 1. The summed E-state index contributed by atoms with van der Waals surface area (Å²) in [7, 11) is 0. The molecule has 0 spiro atoms. The van der Waals surface area contributed by atoms with Gasteiger partial charge in [0.2, 0.25) is 5.88 Å². The highest BCUT2D eigenvalue weighted by molar-refractivity contribution is 5.69. The predicted octanol–water partition coefficient (Wildman–Crippen LogP) is 3.03. The predicted molar refractivity (Wildman–Crippen MR) is 71.5 cm³/mol. The Labute approximate surface area is 110 Å². The van der Waals surface area contributed by atoms with E-state index in [1.54, 1.807) is 12.1 Å². The Bertz CT molecular complexity index is 605. The Kier molecular flexibility index (Phi) is 3.50. The number of nitrogens with zero attached hydrogens (tertiary/aromatic N) is 2. The van der Waals surface area contributed by atoms with Gasteiger partial charge in [0.1, 0.15) is 5.69 Å². The molecule has 2 N–H and O–H groups in total. The molecule has 6 heteroatoms. The number of rotatable bonds is 4. The van der Waals surface area contributed by atoms with Crippen LogP contribution in [-0.2, 0) is 6.42 Å². The van der Waals surface area contributed by atoms with E-state index in [0.29, 0.717) is 23.6 Å². The van der Waals surface area contributed by atoms with Crippen molar-refractivity contribution in [1.82, 2.24) is 5.16 Å². The molecule has 2 aromatic rings. The van der Waals surface area contributed by atoms with Gasteiger partial charge in [-0.15, -0.1) is 0 Å². The van der Waals surface area contributed by atoms with Crippen molar-refractivity contribution >= 4 is 11.6 Å². The van der Waals surface area contributed by atoms with E-state index in [1.807, 2.05) is 0 Å². The number of hydrogen-bond donors (Lipinski definition) is 1. The second-order valence-corrected chi connectivity index (χ2v) is 4.78. The van der Waals surface area contributed by atoms with Gasteiger partial charge in [-0.3, -0.25) is 10.1 Å². The van der Waals surface area contributed by atoms with Crippen molar-refractivity contribution in [3.05, 3.63) is 39.9 Å². The zero-order valence-electron chi connectivity index (χ0n) is 10.8. The average Bonchev–Trinajstić information content (AvgIpc) is 2.71. The van der Waals surface area contributed by atoms with Crippen LogP contribution in [0.1, 0.15) is 19.4 Å². The number of nitrogens with two attached hydrogens (primary N) is 1. The Hall–Kier alpha value is -2.37. The standard InChI is InChI=1S/C13H15N3O3/c1-8(2)6-11-12(15-19-13(11)14)9-4-3-5-10(7-9)16(17)18/h3-5,7-8H,6,14H2,1-2H3. The number of hydrogen-bond acceptors (Lipinski definition) is 5. The molecule has 2 rings (SSSR count). The van der Waals surface area contributed by atoms with Crippen LogP contribution in [0, 0.1) is 16.0 Å². The highest BCUT2D eigenvalue weighted by atomic mass is 16.6. The van der Waals surface area contributed by atoms with Crippen molar-refractivity contribution in [1.29, 1.82) is 0 Å². The van der Waals surface area contributed by atoms with Crippen molar-refractivity contribution < 1.29 is 9.45 Å². The molecule has 1 aromatic heterocycles. The molecule has 0 aliphatic heterocycles. The first kappa shape index (κ1) is 13.1. The molecular weight excluding hydrogens is 246 g/mol. The molecule has 0 radical (unpaired) electrons. The number of anilines is 1. The fourth-order valence-electron chi connectivity index (χ4n) is 1.92. The van der Waals surface area contributed by atoms with Gasteiger partial charge in [-0.25, -0.2) is 0 Å². The van der Waals surface area contributed by atoms with Gasteiger partial charge < -0.3 is 10.3 Å². The van der Waals surface area contributed by atoms with Crippen LogP contribution in [0.3, 0.4) is 0 Å². The molecule has 6 nitrogen and oxygen atoms in total. The number of non-ortho nitro benzene ring substituents is 1. The maximum atomic E-state index is 10.8. The first-order valence-corrected chi connectivity index (χ1v) is 5.98. The van der Waals surface area contributed by atoms with Gasteiger partial charge in [-0.1, -0.05) is 31.1 Å². The maximum absolute atomic E-state index is 10.8. The summed E-state index contributed by atoms with van der Waals surface area (Å²) in [6.07, 6.45) is 0.716. The van der Waals surface area contributed by atoms with E-state index >= 15 is 0 Å². The van der Waals surface area contributed by atoms with Crippen molar-refractivity contribution in [2.45, 2.75) is 20.3 Å². The Morgan fingerprint density at radius 3 is 2.84 bits per heavy atom. The molecule has 19 heavy (non-hydrogen) atoms. The van der Waals surface area contributed by atoms with Gasteiger partial charge in [0.15, 0.2) is 0 Å². The molecule has 0 bridgehead atoms. The molecule has 0 atom stereocenters. The van der Waals surface area contributed by atoms with Crippen molar-refractivity contribution in [2.75, 3.05) is 5.73 Å². The quantitative estimate of drug-likeness (QED) is 0.674. The van der Waals surface area contributed by atoms with E-state index in [9.17, 15) is 10.1 Å². The maximum Gasteiger partial charge on any atom is 0.270 e. The molecule has 0 saturated heterocycles. The van der Waals surface area contributed by atoms with Gasteiger partial charge >= 0.3 is 0 Å². The largest absolute Gasteiger partial charge is 0.367 e. The van der Waals surface area contributed by atoms with Gasteiger partial charge in [0.25, 0.3) is 5.69 Å². The summed E-state index contributed by atoms with van der Waals surface area (Å²) in [6.45, 7) is 4.12. The summed E-state index contributed by atoms with van der Waals surface area (Å²) in [5, 5.41) is 14.7. The smallest absolute Gasteiger partial charge is 0.270 e. The van der Waals surface area contributed by atoms with Crippen LogP contribution >= 0.6 is 0 Å². The van der Waals surface area contributed by atoms with Crippen LogP contribution in [0.15, 0.2) is 28.8 Å². The van der Waals surface area contributed by atoms with Gasteiger partial charge in [-0.05, 0) is 12.3 Å². The molecule has 0 fully saturated rings. The minimum atomic E-state index is -0.435. The monoisotopic (exact) mass is 261 g/mol. The second kappa shape index (κ2) is 5.09. The highest BCUT2D eigenvalue weighted by Crippen LogP contribution is 2.30.